The molecule has 0 radical (unpaired) electrons. The lowest BCUT2D eigenvalue weighted by molar-refractivity contribution is -0.113. The monoisotopic (exact) mass is 401 g/mol. The third-order valence-corrected chi connectivity index (χ3v) is 5.13. The molecule has 0 atom stereocenters. The van der Waals surface area contributed by atoms with E-state index >= 15 is 0 Å². The van der Waals surface area contributed by atoms with Crippen molar-refractivity contribution in [1.82, 2.24) is 19.7 Å². The van der Waals surface area contributed by atoms with E-state index in [2.05, 4.69) is 27.1 Å². The van der Waals surface area contributed by atoms with Gasteiger partial charge in [0.1, 0.15) is 12.4 Å². The number of benzene rings is 1. The van der Waals surface area contributed by atoms with Crippen molar-refractivity contribution in [3.63, 3.8) is 0 Å². The van der Waals surface area contributed by atoms with Gasteiger partial charge in [0, 0.05) is 18.1 Å². The van der Waals surface area contributed by atoms with Crippen molar-refractivity contribution >= 4 is 34.1 Å². The molecular formula is C18H19N5O2S2. The molecule has 0 aliphatic carbocycles. The van der Waals surface area contributed by atoms with Crippen molar-refractivity contribution in [2.75, 3.05) is 11.1 Å². The molecule has 1 aromatic carbocycles. The number of hydrogen-bond acceptors (Lipinski definition) is 7. The normalized spacial score (nSPS) is 10.6. The van der Waals surface area contributed by atoms with Gasteiger partial charge in [0.25, 0.3) is 0 Å². The Morgan fingerprint density at radius 3 is 3.07 bits per heavy atom. The van der Waals surface area contributed by atoms with Crippen molar-refractivity contribution < 1.29 is 9.53 Å². The topological polar surface area (TPSA) is 81.9 Å². The van der Waals surface area contributed by atoms with Crippen LogP contribution < -0.4 is 10.1 Å². The van der Waals surface area contributed by atoms with Crippen LogP contribution in [0.15, 0.2) is 53.7 Å². The lowest BCUT2D eigenvalue weighted by Crippen LogP contribution is -2.14. The molecule has 0 aliphatic heterocycles. The number of amides is 1. The van der Waals surface area contributed by atoms with Crippen molar-refractivity contribution in [2.24, 2.45) is 0 Å². The molecule has 1 N–H and O–H groups in total. The van der Waals surface area contributed by atoms with Crippen molar-refractivity contribution in [3.8, 4) is 5.75 Å². The molecule has 140 valence electrons. The van der Waals surface area contributed by atoms with Crippen LogP contribution in [0.4, 0.5) is 5.13 Å². The van der Waals surface area contributed by atoms with Gasteiger partial charge < -0.3 is 10.1 Å². The number of hydrogen-bond donors (Lipinski definition) is 1. The number of rotatable bonds is 9. The summed E-state index contributed by atoms with van der Waals surface area (Å²) in [6.45, 7) is 6.62. The Bertz CT molecular complexity index is 908. The first-order valence-electron chi connectivity index (χ1n) is 8.20. The van der Waals surface area contributed by atoms with Crippen molar-refractivity contribution in [2.45, 2.75) is 25.2 Å². The molecule has 0 saturated carbocycles. The van der Waals surface area contributed by atoms with Crippen LogP contribution in [0.25, 0.3) is 0 Å². The van der Waals surface area contributed by atoms with Crippen LogP contribution in [0.2, 0.25) is 0 Å². The van der Waals surface area contributed by atoms with Gasteiger partial charge in [-0.25, -0.2) is 4.98 Å². The number of nitrogens with zero attached hydrogens (tertiary/aromatic N) is 4. The quantitative estimate of drug-likeness (QED) is 0.436. The fourth-order valence-corrected chi connectivity index (χ4v) is 3.58. The molecule has 0 spiro atoms. The molecule has 0 bridgehead atoms. The molecule has 1 amide bonds. The molecule has 0 aliphatic rings. The van der Waals surface area contributed by atoms with Crippen LogP contribution in [-0.2, 0) is 17.9 Å². The second-order valence-electron chi connectivity index (χ2n) is 5.58. The average molecular weight is 402 g/mol. The number of aromatic nitrogens is 4. The number of aryl methyl sites for hydroxylation is 1. The molecule has 3 rings (SSSR count). The predicted molar refractivity (Wildman–Crippen MR) is 107 cm³/mol. The highest BCUT2D eigenvalue weighted by molar-refractivity contribution is 7.99. The average Bonchev–Trinajstić information content (AvgIpc) is 3.29. The maximum absolute atomic E-state index is 12.0. The van der Waals surface area contributed by atoms with E-state index in [1.54, 1.807) is 12.3 Å². The number of carbonyl (C=O) groups is 1. The summed E-state index contributed by atoms with van der Waals surface area (Å²) in [5, 5.41) is 14.2. The minimum atomic E-state index is -0.138. The second-order valence-corrected chi connectivity index (χ2v) is 7.41. The number of carbonyl (C=O) groups excluding carboxylic acids is 1. The van der Waals surface area contributed by atoms with E-state index in [0.717, 1.165) is 11.3 Å². The highest BCUT2D eigenvalue weighted by Gasteiger charge is 2.14. The summed E-state index contributed by atoms with van der Waals surface area (Å²) >= 11 is 2.69. The van der Waals surface area contributed by atoms with Gasteiger partial charge in [-0.05, 0) is 24.6 Å². The molecule has 7 nitrogen and oxygen atoms in total. The lowest BCUT2D eigenvalue weighted by atomic mass is 10.2. The zero-order chi connectivity index (χ0) is 19.1. The van der Waals surface area contributed by atoms with Crippen LogP contribution in [0.3, 0.4) is 0 Å². The highest BCUT2D eigenvalue weighted by Crippen LogP contribution is 2.20. The molecule has 0 fully saturated rings. The third-order valence-electron chi connectivity index (χ3n) is 3.47. The summed E-state index contributed by atoms with van der Waals surface area (Å²) in [6, 6.07) is 7.83. The van der Waals surface area contributed by atoms with E-state index in [-0.39, 0.29) is 18.3 Å². The Balaban J connectivity index is 1.61. The Morgan fingerprint density at radius 1 is 1.44 bits per heavy atom. The fraction of sp³-hybridized carbons (Fsp3) is 0.222. The number of thiazole rings is 1. The first kappa shape index (κ1) is 19.1. The molecule has 2 heterocycles. The minimum Gasteiger partial charge on any atom is -0.486 e. The maximum atomic E-state index is 12.0. The second kappa shape index (κ2) is 9.33. The molecule has 9 heteroatoms. The summed E-state index contributed by atoms with van der Waals surface area (Å²) < 4.78 is 7.71. The van der Waals surface area contributed by atoms with Gasteiger partial charge in [-0.15, -0.1) is 28.1 Å². The van der Waals surface area contributed by atoms with Gasteiger partial charge in [0.05, 0.1) is 5.75 Å². The van der Waals surface area contributed by atoms with E-state index in [4.69, 9.17) is 4.74 Å². The van der Waals surface area contributed by atoms with E-state index in [1.807, 2.05) is 41.1 Å². The SMILES string of the molecule is C=CCn1c(COc2cccc(C)c2)nnc1SCC(=O)Nc1nccs1. The number of anilines is 1. The van der Waals surface area contributed by atoms with Gasteiger partial charge in [0.15, 0.2) is 16.1 Å². The zero-order valence-corrected chi connectivity index (χ0v) is 16.4. The van der Waals surface area contributed by atoms with Gasteiger partial charge in [0.2, 0.25) is 5.91 Å². The predicted octanol–water partition coefficient (Wildman–Crippen LogP) is 3.54. The highest BCUT2D eigenvalue weighted by atomic mass is 32.2. The standard InChI is InChI=1S/C18H19N5O2S2/c1-3-8-23-15(11-25-14-6-4-5-13(2)10-14)21-22-18(23)27-12-16(24)20-17-19-7-9-26-17/h3-7,9-10H,1,8,11-12H2,2H3,(H,19,20,24). The van der Waals surface area contributed by atoms with E-state index < -0.39 is 0 Å². The van der Waals surface area contributed by atoms with Crippen molar-refractivity contribution in [1.29, 1.82) is 0 Å². The Hall–Kier alpha value is -2.65. The minimum absolute atomic E-state index is 0.138. The maximum Gasteiger partial charge on any atom is 0.236 e. The Labute approximate surface area is 165 Å². The Morgan fingerprint density at radius 2 is 2.33 bits per heavy atom. The van der Waals surface area contributed by atoms with Crippen molar-refractivity contribution in [3.05, 3.63) is 59.9 Å². The van der Waals surface area contributed by atoms with Gasteiger partial charge in [-0.1, -0.05) is 30.0 Å². The van der Waals surface area contributed by atoms with Gasteiger partial charge in [-0.2, -0.15) is 0 Å². The molecule has 0 saturated heterocycles. The van der Waals surface area contributed by atoms with E-state index in [0.29, 0.717) is 22.7 Å². The summed E-state index contributed by atoms with van der Waals surface area (Å²) in [4.78, 5) is 16.1. The smallest absolute Gasteiger partial charge is 0.236 e. The van der Waals surface area contributed by atoms with Crippen LogP contribution >= 0.6 is 23.1 Å². The summed E-state index contributed by atoms with van der Waals surface area (Å²) in [5.74, 6) is 1.54. The first-order chi connectivity index (χ1) is 13.2. The summed E-state index contributed by atoms with van der Waals surface area (Å²) in [6.07, 6.45) is 3.41. The number of nitrogens with one attached hydrogen (secondary N) is 1. The Kier molecular flexibility index (Phi) is 6.61. The van der Waals surface area contributed by atoms with Crippen LogP contribution in [0, 0.1) is 6.92 Å². The molecular weight excluding hydrogens is 382 g/mol. The fourth-order valence-electron chi connectivity index (χ4n) is 2.27. The van der Waals surface area contributed by atoms with Gasteiger partial charge >= 0.3 is 0 Å². The molecule has 3 aromatic rings. The zero-order valence-electron chi connectivity index (χ0n) is 14.8. The first-order valence-corrected chi connectivity index (χ1v) is 10.1. The van der Waals surface area contributed by atoms with Crippen LogP contribution in [-0.4, -0.2) is 31.4 Å². The van der Waals surface area contributed by atoms with Crippen LogP contribution in [0.5, 0.6) is 5.75 Å². The van der Waals surface area contributed by atoms with E-state index in [9.17, 15) is 4.79 Å². The summed E-state index contributed by atoms with van der Waals surface area (Å²) in [5.41, 5.74) is 1.13. The molecule has 27 heavy (non-hydrogen) atoms. The van der Waals surface area contributed by atoms with Crippen LogP contribution in [0.1, 0.15) is 11.4 Å². The summed E-state index contributed by atoms with van der Waals surface area (Å²) in [7, 11) is 0. The number of allylic oxidation sites excluding steroid dienone is 1. The van der Waals surface area contributed by atoms with Gasteiger partial charge in [-0.3, -0.25) is 9.36 Å². The molecule has 2 aromatic heterocycles. The third kappa shape index (κ3) is 5.41. The van der Waals surface area contributed by atoms with E-state index in [1.165, 1.54) is 23.1 Å². The lowest BCUT2D eigenvalue weighted by Gasteiger charge is -2.09. The number of thioether (sulfide) groups is 1. The largest absolute Gasteiger partial charge is 0.486 e. The molecule has 0 unspecified atom stereocenters. The number of ether oxygens (including phenoxy) is 1.